The van der Waals surface area contributed by atoms with Crippen molar-refractivity contribution in [1.82, 2.24) is 0 Å². The third kappa shape index (κ3) is 3.56. The maximum absolute atomic E-state index is 10.7. The van der Waals surface area contributed by atoms with E-state index in [9.17, 15) is 19.7 Å². The first-order valence-corrected chi connectivity index (χ1v) is 4.63. The molecule has 0 amide bonds. The molecule has 0 aliphatic carbocycles. The minimum atomic E-state index is -1.03. The van der Waals surface area contributed by atoms with Crippen LogP contribution in [0.5, 0.6) is 5.75 Å². The van der Waals surface area contributed by atoms with E-state index in [1.807, 2.05) is 0 Å². The Kier molecular flexibility index (Phi) is 4.15. The molecule has 7 nitrogen and oxygen atoms in total. The number of hydrogen-bond donors (Lipinski definition) is 1. The van der Waals surface area contributed by atoms with Crippen LogP contribution in [-0.2, 0) is 4.79 Å². The van der Waals surface area contributed by atoms with Crippen molar-refractivity contribution in [2.45, 2.75) is 6.42 Å². The van der Waals surface area contributed by atoms with Crippen LogP contribution in [0.4, 0.5) is 5.69 Å². The molecule has 1 aromatic carbocycles. The number of hydrogen-bond acceptors (Lipinski definition) is 5. The molecule has 0 aliphatic rings. The fraction of sp³-hybridized carbons (Fsp3) is 0.200. The molecule has 0 bridgehead atoms. The van der Waals surface area contributed by atoms with Crippen molar-refractivity contribution in [3.05, 3.63) is 33.9 Å². The number of nitro benzene ring substituents is 1. The van der Waals surface area contributed by atoms with Gasteiger partial charge in [0.1, 0.15) is 5.75 Å². The second-order valence-electron chi connectivity index (χ2n) is 3.09. The Morgan fingerprint density at radius 1 is 1.53 bits per heavy atom. The lowest BCUT2D eigenvalue weighted by Crippen LogP contribution is -2.06. The maximum atomic E-state index is 10.7. The average molecular weight is 239 g/mol. The number of ether oxygens (including phenoxy) is 1. The molecule has 1 aromatic rings. The Labute approximate surface area is 95.8 Å². The number of carbonyl (C=O) groups is 2. The Bertz CT molecular complexity index is 456. The van der Waals surface area contributed by atoms with Crippen LogP contribution in [0.15, 0.2) is 18.2 Å². The first-order chi connectivity index (χ1) is 8.04. The van der Waals surface area contributed by atoms with Crippen molar-refractivity contribution in [3.8, 4) is 5.75 Å². The molecule has 0 aliphatic heterocycles. The van der Waals surface area contributed by atoms with Gasteiger partial charge in [-0.15, -0.1) is 0 Å². The van der Waals surface area contributed by atoms with Crippen LogP contribution in [-0.4, -0.2) is 28.9 Å². The highest BCUT2D eigenvalue weighted by atomic mass is 16.6. The van der Waals surface area contributed by atoms with Gasteiger partial charge in [-0.25, -0.2) is 0 Å². The van der Waals surface area contributed by atoms with Crippen LogP contribution >= 0.6 is 0 Å². The molecule has 1 rings (SSSR count). The fourth-order valence-corrected chi connectivity index (χ4v) is 1.12. The number of rotatable bonds is 6. The van der Waals surface area contributed by atoms with Gasteiger partial charge in [-0.2, -0.15) is 0 Å². The standard InChI is InChI=1S/C10H9NO6/c12-6-7-5-8(11(15)16)1-2-9(7)17-4-3-10(13)14/h1-2,5-6H,3-4H2,(H,13,14). The van der Waals surface area contributed by atoms with Gasteiger partial charge >= 0.3 is 5.97 Å². The van der Waals surface area contributed by atoms with E-state index in [0.717, 1.165) is 6.07 Å². The van der Waals surface area contributed by atoms with E-state index in [4.69, 9.17) is 9.84 Å². The Hall–Kier alpha value is -2.44. The third-order valence-corrected chi connectivity index (χ3v) is 1.90. The largest absolute Gasteiger partial charge is 0.492 e. The van der Waals surface area contributed by atoms with Gasteiger partial charge in [0.05, 0.1) is 23.5 Å². The Morgan fingerprint density at radius 2 is 2.24 bits per heavy atom. The molecule has 1 N–H and O–H groups in total. The minimum Gasteiger partial charge on any atom is -0.492 e. The number of carboxylic acids is 1. The molecular formula is C10H9NO6. The quantitative estimate of drug-likeness (QED) is 0.455. The zero-order valence-electron chi connectivity index (χ0n) is 8.66. The molecule has 0 saturated heterocycles. The maximum Gasteiger partial charge on any atom is 0.306 e. The Morgan fingerprint density at radius 3 is 2.76 bits per heavy atom. The van der Waals surface area contributed by atoms with E-state index < -0.39 is 10.9 Å². The van der Waals surface area contributed by atoms with Gasteiger partial charge in [-0.1, -0.05) is 0 Å². The monoisotopic (exact) mass is 239 g/mol. The highest BCUT2D eigenvalue weighted by Crippen LogP contribution is 2.22. The molecule has 17 heavy (non-hydrogen) atoms. The molecule has 7 heteroatoms. The summed E-state index contributed by atoms with van der Waals surface area (Å²) < 4.78 is 5.04. The number of aldehydes is 1. The highest BCUT2D eigenvalue weighted by Gasteiger charge is 2.11. The molecule has 0 radical (unpaired) electrons. The molecule has 0 fully saturated rings. The summed E-state index contributed by atoms with van der Waals surface area (Å²) in [6.45, 7) is -0.103. The number of nitrogens with zero attached hydrogens (tertiary/aromatic N) is 1. The molecule has 90 valence electrons. The number of carbonyl (C=O) groups excluding carboxylic acids is 1. The van der Waals surface area contributed by atoms with Crippen molar-refractivity contribution in [1.29, 1.82) is 0 Å². The number of nitro groups is 1. The SMILES string of the molecule is O=Cc1cc([N+](=O)[O-])ccc1OCCC(=O)O. The zero-order chi connectivity index (χ0) is 12.8. The third-order valence-electron chi connectivity index (χ3n) is 1.90. The van der Waals surface area contributed by atoms with E-state index in [-0.39, 0.29) is 30.0 Å². The summed E-state index contributed by atoms with van der Waals surface area (Å²) in [6.07, 6.45) is 0.207. The lowest BCUT2D eigenvalue weighted by Gasteiger charge is -2.06. The van der Waals surface area contributed by atoms with E-state index >= 15 is 0 Å². The van der Waals surface area contributed by atoms with Gasteiger partial charge in [-0.05, 0) is 6.07 Å². The number of non-ortho nitro benzene ring substituents is 1. The number of aliphatic carboxylic acids is 1. The van der Waals surface area contributed by atoms with Crippen LogP contribution in [0, 0.1) is 10.1 Å². The van der Waals surface area contributed by atoms with Crippen LogP contribution in [0.3, 0.4) is 0 Å². The molecule has 0 spiro atoms. The first kappa shape index (κ1) is 12.6. The zero-order valence-corrected chi connectivity index (χ0v) is 8.66. The van der Waals surface area contributed by atoms with Gasteiger partial charge in [0.15, 0.2) is 6.29 Å². The summed E-state index contributed by atoms with van der Waals surface area (Å²) in [6, 6.07) is 3.52. The van der Waals surface area contributed by atoms with Gasteiger partial charge in [0.2, 0.25) is 0 Å². The van der Waals surface area contributed by atoms with E-state index in [2.05, 4.69) is 0 Å². The molecule has 0 aromatic heterocycles. The second kappa shape index (κ2) is 5.59. The summed E-state index contributed by atoms with van der Waals surface area (Å²) in [5, 5.41) is 18.9. The smallest absolute Gasteiger partial charge is 0.306 e. The molecular weight excluding hydrogens is 230 g/mol. The van der Waals surface area contributed by atoms with E-state index in [1.165, 1.54) is 12.1 Å². The van der Waals surface area contributed by atoms with Crippen LogP contribution < -0.4 is 4.74 Å². The van der Waals surface area contributed by atoms with Crippen LogP contribution in [0.2, 0.25) is 0 Å². The first-order valence-electron chi connectivity index (χ1n) is 4.63. The summed E-state index contributed by atoms with van der Waals surface area (Å²) in [7, 11) is 0. The highest BCUT2D eigenvalue weighted by molar-refractivity contribution is 5.80. The summed E-state index contributed by atoms with van der Waals surface area (Å²) in [5.41, 5.74) is -0.206. The van der Waals surface area contributed by atoms with Gasteiger partial charge in [0, 0.05) is 12.1 Å². The summed E-state index contributed by atoms with van der Waals surface area (Å²) in [4.78, 5) is 30.8. The number of carboxylic acid groups (broad SMARTS) is 1. The topological polar surface area (TPSA) is 107 Å². The molecule has 0 heterocycles. The van der Waals surface area contributed by atoms with Gasteiger partial charge in [0.25, 0.3) is 5.69 Å². The Balaban J connectivity index is 2.82. The van der Waals surface area contributed by atoms with Crippen LogP contribution in [0.25, 0.3) is 0 Å². The van der Waals surface area contributed by atoms with E-state index in [0.29, 0.717) is 6.29 Å². The molecule has 0 atom stereocenters. The average Bonchev–Trinajstić information content (AvgIpc) is 2.28. The molecule has 0 saturated carbocycles. The van der Waals surface area contributed by atoms with Gasteiger partial charge in [-0.3, -0.25) is 19.7 Å². The lowest BCUT2D eigenvalue weighted by atomic mass is 10.2. The van der Waals surface area contributed by atoms with Crippen molar-refractivity contribution in [2.24, 2.45) is 0 Å². The van der Waals surface area contributed by atoms with Crippen molar-refractivity contribution < 1.29 is 24.4 Å². The normalized spacial score (nSPS) is 9.65. The second-order valence-corrected chi connectivity index (χ2v) is 3.09. The van der Waals surface area contributed by atoms with Crippen molar-refractivity contribution in [3.63, 3.8) is 0 Å². The van der Waals surface area contributed by atoms with Crippen LogP contribution in [0.1, 0.15) is 16.8 Å². The minimum absolute atomic E-state index is 0.0181. The lowest BCUT2D eigenvalue weighted by molar-refractivity contribution is -0.384. The summed E-state index contributed by atoms with van der Waals surface area (Å²) in [5.74, 6) is -0.897. The number of benzene rings is 1. The molecule has 0 unspecified atom stereocenters. The predicted molar refractivity (Wildman–Crippen MR) is 56.2 cm³/mol. The van der Waals surface area contributed by atoms with Crippen molar-refractivity contribution in [2.75, 3.05) is 6.61 Å². The predicted octanol–water partition coefficient (Wildman–Crippen LogP) is 1.26. The summed E-state index contributed by atoms with van der Waals surface area (Å²) >= 11 is 0. The van der Waals surface area contributed by atoms with Gasteiger partial charge < -0.3 is 9.84 Å². The fourth-order valence-electron chi connectivity index (χ4n) is 1.12. The van der Waals surface area contributed by atoms with E-state index in [1.54, 1.807) is 0 Å². The van der Waals surface area contributed by atoms with Crippen molar-refractivity contribution >= 4 is 17.9 Å².